The lowest BCUT2D eigenvalue weighted by molar-refractivity contribution is -0.163. The summed E-state index contributed by atoms with van der Waals surface area (Å²) in [5, 5.41) is 0. The van der Waals surface area contributed by atoms with E-state index in [1.807, 2.05) is 0 Å². The molecule has 0 bridgehead atoms. The Morgan fingerprint density at radius 1 is 0.397 bits per heavy atom. The Hall–Kier alpha value is -3.70. The second-order valence-corrected chi connectivity index (χ2v) is 14.5. The molecule has 0 aromatic rings. The number of hydrogen-bond acceptors (Lipinski definition) is 5. The summed E-state index contributed by atoms with van der Waals surface area (Å²) in [6.07, 6.45) is 66.6. The van der Waals surface area contributed by atoms with Crippen LogP contribution in [0.3, 0.4) is 0 Å². The summed E-state index contributed by atoms with van der Waals surface area (Å²) < 4.78 is 17.1. The van der Waals surface area contributed by atoms with Crippen LogP contribution >= 0.6 is 0 Å². The van der Waals surface area contributed by atoms with Gasteiger partial charge in [0.25, 0.3) is 0 Å². The highest BCUT2D eigenvalue weighted by Crippen LogP contribution is 2.10. The van der Waals surface area contributed by atoms with Gasteiger partial charge in [-0.05, 0) is 103 Å². The number of carbonyl (C=O) groups excluding carboxylic acids is 2. The Kier molecular flexibility index (Phi) is 44.6. The lowest BCUT2D eigenvalue weighted by atomic mass is 10.1. The molecule has 0 saturated heterocycles. The first kappa shape index (κ1) is 54.3. The van der Waals surface area contributed by atoms with E-state index in [0.717, 1.165) is 122 Å². The third-order valence-electron chi connectivity index (χ3n) is 8.99. The number of carbonyl (C=O) groups is 2. The zero-order valence-electron chi connectivity index (χ0n) is 37.3. The van der Waals surface area contributed by atoms with Crippen molar-refractivity contribution in [2.45, 2.75) is 181 Å². The average Bonchev–Trinajstić information content (AvgIpc) is 3.22. The maximum atomic E-state index is 12.5. The third-order valence-corrected chi connectivity index (χ3v) is 8.99. The van der Waals surface area contributed by atoms with Gasteiger partial charge < -0.3 is 14.2 Å². The van der Waals surface area contributed by atoms with Gasteiger partial charge in [-0.3, -0.25) is 9.59 Å². The van der Waals surface area contributed by atoms with Gasteiger partial charge in [-0.15, -0.1) is 0 Å². The Bertz CT molecular complexity index is 1220. The van der Waals surface area contributed by atoms with Crippen LogP contribution in [0.4, 0.5) is 0 Å². The molecule has 0 radical (unpaired) electrons. The standard InChI is InChI=1S/C53H84O5/c1-4-7-10-13-15-17-19-21-23-25-26-27-29-31-33-35-37-39-42-45-48-56-49-51(58-53(55)47-44-40-12-9-6-3)50-57-52(54)46-43-41-38-36-34-32-30-28-24-22-20-18-16-14-11-8-5-2/h7-8,10-11,15-18,21-24,26-27,30-33,36,38,51H,4-6,9,12-14,19-20,25,28-29,34-35,37,39-50H2,1-3H3/b10-7-,11-8-,17-15-,18-16-,23-21-,24-22-,27-26-,32-30-,33-31-,38-36-. The van der Waals surface area contributed by atoms with Crippen molar-refractivity contribution in [2.24, 2.45) is 0 Å². The summed E-state index contributed by atoms with van der Waals surface area (Å²) in [5.41, 5.74) is 0. The zero-order chi connectivity index (χ0) is 42.1. The second kappa shape index (κ2) is 47.7. The highest BCUT2D eigenvalue weighted by molar-refractivity contribution is 5.70. The molecule has 0 N–H and O–H groups in total. The molecule has 0 aliphatic heterocycles. The first-order chi connectivity index (χ1) is 28.6. The molecule has 1 atom stereocenters. The molecule has 0 aliphatic rings. The van der Waals surface area contributed by atoms with Crippen molar-refractivity contribution in [1.82, 2.24) is 0 Å². The van der Waals surface area contributed by atoms with Crippen molar-refractivity contribution in [2.75, 3.05) is 19.8 Å². The van der Waals surface area contributed by atoms with Crippen molar-refractivity contribution in [3.63, 3.8) is 0 Å². The summed E-state index contributed by atoms with van der Waals surface area (Å²) in [6.45, 7) is 7.38. The molecule has 0 aromatic carbocycles. The monoisotopic (exact) mass is 801 g/mol. The van der Waals surface area contributed by atoms with Gasteiger partial charge in [0.15, 0.2) is 6.10 Å². The topological polar surface area (TPSA) is 61.8 Å². The first-order valence-electron chi connectivity index (χ1n) is 23.1. The zero-order valence-corrected chi connectivity index (χ0v) is 37.3. The highest BCUT2D eigenvalue weighted by atomic mass is 16.6. The predicted octanol–water partition coefficient (Wildman–Crippen LogP) is 15.4. The van der Waals surface area contributed by atoms with Crippen LogP contribution < -0.4 is 0 Å². The number of allylic oxidation sites excluding steroid dienone is 20. The lowest BCUT2D eigenvalue weighted by Gasteiger charge is -2.18. The van der Waals surface area contributed by atoms with E-state index in [1.54, 1.807) is 0 Å². The van der Waals surface area contributed by atoms with E-state index in [2.05, 4.69) is 142 Å². The Morgan fingerprint density at radius 2 is 0.793 bits per heavy atom. The van der Waals surface area contributed by atoms with Crippen LogP contribution in [0.5, 0.6) is 0 Å². The number of esters is 2. The molecule has 0 amide bonds. The molecule has 326 valence electrons. The van der Waals surface area contributed by atoms with Crippen LogP contribution in [0.25, 0.3) is 0 Å². The fourth-order valence-electron chi connectivity index (χ4n) is 5.63. The van der Waals surface area contributed by atoms with E-state index in [-0.39, 0.29) is 25.2 Å². The second-order valence-electron chi connectivity index (χ2n) is 14.5. The van der Waals surface area contributed by atoms with Crippen LogP contribution in [-0.2, 0) is 23.8 Å². The SMILES string of the molecule is CC/C=C\C/C=C\C/C=C\C/C=C\C/C=C\CCCCCCOCC(COC(=O)CCC/C=C\C/C=C\C/C=C\C/C=C\C/C=C\CC)OC(=O)CCCCCCC. The summed E-state index contributed by atoms with van der Waals surface area (Å²) >= 11 is 0. The van der Waals surface area contributed by atoms with Gasteiger partial charge >= 0.3 is 11.9 Å². The fraction of sp³-hybridized carbons (Fsp3) is 0.585. The highest BCUT2D eigenvalue weighted by Gasteiger charge is 2.17. The van der Waals surface area contributed by atoms with Crippen LogP contribution in [0.1, 0.15) is 175 Å². The largest absolute Gasteiger partial charge is 0.462 e. The van der Waals surface area contributed by atoms with Gasteiger partial charge in [0.1, 0.15) is 6.61 Å². The predicted molar refractivity (Wildman–Crippen MR) is 251 cm³/mol. The number of ether oxygens (including phenoxy) is 3. The molecule has 0 aromatic heterocycles. The first-order valence-corrected chi connectivity index (χ1v) is 23.1. The Morgan fingerprint density at radius 3 is 1.28 bits per heavy atom. The Balaban J connectivity index is 4.23. The van der Waals surface area contributed by atoms with E-state index >= 15 is 0 Å². The van der Waals surface area contributed by atoms with E-state index in [4.69, 9.17) is 14.2 Å². The summed E-state index contributed by atoms with van der Waals surface area (Å²) in [6, 6.07) is 0. The molecular weight excluding hydrogens is 717 g/mol. The Labute approximate surface area is 356 Å². The van der Waals surface area contributed by atoms with Crippen molar-refractivity contribution in [1.29, 1.82) is 0 Å². The van der Waals surface area contributed by atoms with Gasteiger partial charge in [-0.25, -0.2) is 0 Å². The maximum Gasteiger partial charge on any atom is 0.306 e. The van der Waals surface area contributed by atoms with E-state index < -0.39 is 6.10 Å². The van der Waals surface area contributed by atoms with Crippen molar-refractivity contribution < 1.29 is 23.8 Å². The molecule has 0 heterocycles. The van der Waals surface area contributed by atoms with E-state index in [1.165, 1.54) is 19.3 Å². The molecule has 0 rings (SSSR count). The van der Waals surface area contributed by atoms with Gasteiger partial charge in [-0.1, -0.05) is 181 Å². The molecular formula is C53H84O5. The van der Waals surface area contributed by atoms with Gasteiger partial charge in [-0.2, -0.15) is 0 Å². The minimum atomic E-state index is -0.576. The smallest absolute Gasteiger partial charge is 0.306 e. The normalized spacial score (nSPS) is 13.4. The van der Waals surface area contributed by atoms with Crippen molar-refractivity contribution >= 4 is 11.9 Å². The van der Waals surface area contributed by atoms with Crippen LogP contribution in [0.2, 0.25) is 0 Å². The third kappa shape index (κ3) is 45.0. The number of unbranched alkanes of at least 4 members (excludes halogenated alkanes) is 9. The van der Waals surface area contributed by atoms with E-state index in [9.17, 15) is 9.59 Å². The van der Waals surface area contributed by atoms with Crippen LogP contribution in [-0.4, -0.2) is 37.9 Å². The lowest BCUT2D eigenvalue weighted by Crippen LogP contribution is -2.30. The summed E-state index contributed by atoms with van der Waals surface area (Å²) in [4.78, 5) is 25.0. The molecule has 0 spiro atoms. The van der Waals surface area contributed by atoms with Gasteiger partial charge in [0.2, 0.25) is 0 Å². The molecule has 0 fully saturated rings. The minimum Gasteiger partial charge on any atom is -0.462 e. The van der Waals surface area contributed by atoms with Crippen molar-refractivity contribution in [3.05, 3.63) is 122 Å². The minimum absolute atomic E-state index is 0.0370. The van der Waals surface area contributed by atoms with Crippen LogP contribution in [0.15, 0.2) is 122 Å². The maximum absolute atomic E-state index is 12.5. The van der Waals surface area contributed by atoms with Gasteiger partial charge in [0, 0.05) is 19.4 Å². The summed E-state index contributed by atoms with van der Waals surface area (Å²) in [7, 11) is 0. The number of rotatable bonds is 40. The fourth-order valence-corrected chi connectivity index (χ4v) is 5.63. The molecule has 1 unspecified atom stereocenters. The summed E-state index contributed by atoms with van der Waals surface area (Å²) in [5.74, 6) is -0.505. The van der Waals surface area contributed by atoms with Crippen molar-refractivity contribution in [3.8, 4) is 0 Å². The molecule has 0 aliphatic carbocycles. The average molecular weight is 801 g/mol. The van der Waals surface area contributed by atoms with E-state index in [0.29, 0.717) is 19.4 Å². The molecule has 58 heavy (non-hydrogen) atoms. The molecule has 0 saturated carbocycles. The molecule has 5 nitrogen and oxygen atoms in total. The van der Waals surface area contributed by atoms with Gasteiger partial charge in [0.05, 0.1) is 6.61 Å². The quantitative estimate of drug-likeness (QED) is 0.0351. The number of hydrogen-bond donors (Lipinski definition) is 0. The molecule has 5 heteroatoms. The van der Waals surface area contributed by atoms with Crippen LogP contribution in [0, 0.1) is 0 Å².